The standard InChI is InChI=1S/C8H6N2OS.C2HF3O2/c9-8(11)5-4-12-6-2-1-3-10-7(5)6;3-2(4,5)1(6)7/h1-4H,(H2,9,11);(H,6,7). The first-order chi connectivity index (χ1) is 8.73. The van der Waals surface area contributed by atoms with Crippen molar-refractivity contribution in [1.29, 1.82) is 0 Å². The van der Waals surface area contributed by atoms with Crippen molar-refractivity contribution in [2.45, 2.75) is 6.18 Å². The molecule has 19 heavy (non-hydrogen) atoms. The molecule has 0 aromatic carbocycles. The number of thiophene rings is 1. The fourth-order valence-corrected chi connectivity index (χ4v) is 1.94. The number of carbonyl (C=O) groups excluding carboxylic acids is 1. The zero-order chi connectivity index (χ0) is 14.6. The van der Waals surface area contributed by atoms with Crippen molar-refractivity contribution in [3.8, 4) is 0 Å². The number of halogens is 3. The van der Waals surface area contributed by atoms with Crippen molar-refractivity contribution in [2.75, 3.05) is 0 Å². The lowest BCUT2D eigenvalue weighted by atomic mass is 10.2. The highest BCUT2D eigenvalue weighted by atomic mass is 32.1. The number of carboxylic acid groups (broad SMARTS) is 1. The fraction of sp³-hybridized carbons (Fsp3) is 0.100. The molecule has 0 aliphatic rings. The second kappa shape index (κ2) is 5.65. The minimum Gasteiger partial charge on any atom is -0.475 e. The second-order valence-corrected chi connectivity index (χ2v) is 4.08. The first-order valence-electron chi connectivity index (χ1n) is 4.65. The number of aromatic nitrogens is 1. The molecule has 0 aliphatic carbocycles. The summed E-state index contributed by atoms with van der Waals surface area (Å²) >= 11 is 1.48. The van der Waals surface area contributed by atoms with Crippen LogP contribution in [-0.4, -0.2) is 28.1 Å². The first kappa shape index (κ1) is 14.9. The Balaban J connectivity index is 0.000000224. The van der Waals surface area contributed by atoms with Crippen LogP contribution in [0.1, 0.15) is 10.4 Å². The number of nitrogens with two attached hydrogens (primary N) is 1. The quantitative estimate of drug-likeness (QED) is 0.841. The summed E-state index contributed by atoms with van der Waals surface area (Å²) < 4.78 is 32.7. The monoisotopic (exact) mass is 292 g/mol. The lowest BCUT2D eigenvalue weighted by Crippen LogP contribution is -2.21. The minimum atomic E-state index is -5.08. The van der Waals surface area contributed by atoms with Crippen LogP contribution in [0.5, 0.6) is 0 Å². The highest BCUT2D eigenvalue weighted by molar-refractivity contribution is 7.17. The van der Waals surface area contributed by atoms with E-state index in [1.165, 1.54) is 11.3 Å². The molecule has 0 atom stereocenters. The molecule has 0 fully saturated rings. The number of primary amides is 1. The molecular weight excluding hydrogens is 285 g/mol. The van der Waals surface area contributed by atoms with E-state index in [9.17, 15) is 18.0 Å². The lowest BCUT2D eigenvalue weighted by Gasteiger charge is -1.93. The van der Waals surface area contributed by atoms with Crippen LogP contribution >= 0.6 is 11.3 Å². The van der Waals surface area contributed by atoms with E-state index in [1.54, 1.807) is 11.6 Å². The Hall–Kier alpha value is -2.16. The van der Waals surface area contributed by atoms with E-state index in [-0.39, 0.29) is 0 Å². The molecular formula is C10H7F3N2O3S. The number of carbonyl (C=O) groups is 2. The molecule has 1 amide bonds. The van der Waals surface area contributed by atoms with Crippen molar-refractivity contribution in [2.24, 2.45) is 5.73 Å². The third-order valence-corrected chi connectivity index (χ3v) is 2.77. The van der Waals surface area contributed by atoms with Crippen molar-refractivity contribution < 1.29 is 27.9 Å². The van der Waals surface area contributed by atoms with Crippen molar-refractivity contribution >= 4 is 33.4 Å². The van der Waals surface area contributed by atoms with Crippen LogP contribution in [0, 0.1) is 0 Å². The number of rotatable bonds is 1. The summed E-state index contributed by atoms with van der Waals surface area (Å²) in [6, 6.07) is 3.75. The number of aliphatic carboxylic acids is 1. The molecule has 0 saturated carbocycles. The van der Waals surface area contributed by atoms with E-state index < -0.39 is 18.1 Å². The lowest BCUT2D eigenvalue weighted by molar-refractivity contribution is -0.192. The van der Waals surface area contributed by atoms with Crippen LogP contribution in [0.3, 0.4) is 0 Å². The summed E-state index contributed by atoms with van der Waals surface area (Å²) in [5.41, 5.74) is 6.37. The van der Waals surface area contributed by atoms with Gasteiger partial charge in [0.2, 0.25) is 0 Å². The molecule has 2 aromatic rings. The van der Waals surface area contributed by atoms with Crippen molar-refractivity contribution in [3.63, 3.8) is 0 Å². The molecule has 0 spiro atoms. The van der Waals surface area contributed by atoms with Gasteiger partial charge in [0.1, 0.15) is 0 Å². The van der Waals surface area contributed by atoms with Gasteiger partial charge >= 0.3 is 12.1 Å². The van der Waals surface area contributed by atoms with Crippen molar-refractivity contribution in [3.05, 3.63) is 29.3 Å². The fourth-order valence-electron chi connectivity index (χ4n) is 1.04. The van der Waals surface area contributed by atoms with Gasteiger partial charge < -0.3 is 10.8 Å². The molecule has 0 unspecified atom stereocenters. The van der Waals surface area contributed by atoms with Gasteiger partial charge in [0.15, 0.2) is 0 Å². The van der Waals surface area contributed by atoms with Crippen LogP contribution in [-0.2, 0) is 4.79 Å². The molecule has 2 aromatic heterocycles. The third-order valence-electron chi connectivity index (χ3n) is 1.84. The molecule has 0 saturated heterocycles. The molecule has 2 rings (SSSR count). The third kappa shape index (κ3) is 3.91. The van der Waals surface area contributed by atoms with Crippen LogP contribution in [0.4, 0.5) is 13.2 Å². The molecule has 5 nitrogen and oxygen atoms in total. The Morgan fingerprint density at radius 2 is 1.95 bits per heavy atom. The molecule has 3 N–H and O–H groups in total. The maximum atomic E-state index is 10.9. The average Bonchev–Trinajstić information content (AvgIpc) is 2.72. The van der Waals surface area contributed by atoms with Crippen LogP contribution < -0.4 is 5.73 Å². The maximum Gasteiger partial charge on any atom is 0.490 e. The van der Waals surface area contributed by atoms with Gasteiger partial charge in [-0.25, -0.2) is 4.79 Å². The zero-order valence-electron chi connectivity index (χ0n) is 9.14. The van der Waals surface area contributed by atoms with E-state index >= 15 is 0 Å². The summed E-state index contributed by atoms with van der Waals surface area (Å²) in [5, 5.41) is 8.86. The molecule has 102 valence electrons. The summed E-state index contributed by atoms with van der Waals surface area (Å²) in [6.07, 6.45) is -3.43. The van der Waals surface area contributed by atoms with Crippen molar-refractivity contribution in [1.82, 2.24) is 4.98 Å². The summed E-state index contributed by atoms with van der Waals surface area (Å²) in [7, 11) is 0. The first-order valence-corrected chi connectivity index (χ1v) is 5.53. The highest BCUT2D eigenvalue weighted by Gasteiger charge is 2.38. The number of nitrogens with zero attached hydrogens (tertiary/aromatic N) is 1. The number of carboxylic acids is 1. The smallest absolute Gasteiger partial charge is 0.475 e. The number of hydrogen-bond acceptors (Lipinski definition) is 4. The molecule has 0 aliphatic heterocycles. The second-order valence-electron chi connectivity index (χ2n) is 3.17. The Morgan fingerprint density at radius 3 is 2.42 bits per heavy atom. The Bertz CT molecular complexity index is 609. The summed E-state index contributed by atoms with van der Waals surface area (Å²) in [6.45, 7) is 0. The van der Waals surface area contributed by atoms with E-state index in [0.717, 1.165) is 4.70 Å². The Kier molecular flexibility index (Phi) is 4.43. The van der Waals surface area contributed by atoms with Gasteiger partial charge in [-0.15, -0.1) is 11.3 Å². The number of amides is 1. The zero-order valence-corrected chi connectivity index (χ0v) is 9.96. The van der Waals surface area contributed by atoms with Crippen LogP contribution in [0.15, 0.2) is 23.7 Å². The van der Waals surface area contributed by atoms with E-state index in [2.05, 4.69) is 4.98 Å². The number of hydrogen-bond donors (Lipinski definition) is 2. The van der Waals surface area contributed by atoms with E-state index in [1.807, 2.05) is 12.1 Å². The normalized spacial score (nSPS) is 10.7. The van der Waals surface area contributed by atoms with Crippen LogP contribution in [0.2, 0.25) is 0 Å². The topological polar surface area (TPSA) is 93.3 Å². The highest BCUT2D eigenvalue weighted by Crippen LogP contribution is 2.22. The van der Waals surface area contributed by atoms with Gasteiger partial charge in [0, 0.05) is 11.6 Å². The molecule has 0 radical (unpaired) electrons. The van der Waals surface area contributed by atoms with Gasteiger partial charge in [0.25, 0.3) is 5.91 Å². The van der Waals surface area contributed by atoms with Gasteiger partial charge in [-0.05, 0) is 12.1 Å². The van der Waals surface area contributed by atoms with E-state index in [4.69, 9.17) is 15.6 Å². The number of fused-ring (bicyclic) bond motifs is 1. The molecule has 2 heterocycles. The van der Waals surface area contributed by atoms with Gasteiger partial charge in [-0.3, -0.25) is 9.78 Å². The SMILES string of the molecule is NC(=O)c1csc2cccnc12.O=C(O)C(F)(F)F. The van der Waals surface area contributed by atoms with Gasteiger partial charge in [-0.2, -0.15) is 13.2 Å². The largest absolute Gasteiger partial charge is 0.490 e. The van der Waals surface area contributed by atoms with Gasteiger partial charge in [0.05, 0.1) is 15.8 Å². The predicted octanol–water partition coefficient (Wildman–Crippen LogP) is 2.03. The summed E-state index contributed by atoms with van der Waals surface area (Å²) in [4.78, 5) is 23.8. The average molecular weight is 292 g/mol. The van der Waals surface area contributed by atoms with Gasteiger partial charge in [-0.1, -0.05) is 0 Å². The Morgan fingerprint density at radius 1 is 1.37 bits per heavy atom. The maximum absolute atomic E-state index is 10.9. The van der Waals surface area contributed by atoms with Crippen LogP contribution in [0.25, 0.3) is 10.2 Å². The van der Waals surface area contributed by atoms with E-state index in [0.29, 0.717) is 11.1 Å². The molecule has 0 bridgehead atoms. The number of alkyl halides is 3. The predicted molar refractivity (Wildman–Crippen MR) is 61.8 cm³/mol. The number of pyridine rings is 1. The molecule has 9 heteroatoms. The minimum absolute atomic E-state index is 0.417. The Labute approximate surface area is 108 Å². The summed E-state index contributed by atoms with van der Waals surface area (Å²) in [5.74, 6) is -3.17.